The van der Waals surface area contributed by atoms with Crippen LogP contribution in [0.2, 0.25) is 0 Å². The van der Waals surface area contributed by atoms with Gasteiger partial charge in [-0.05, 0) is 53.8 Å². The number of H-pyrrole nitrogens is 1. The number of carbonyl (C=O) groups excluding carboxylic acids is 1. The number of nitrogens with one attached hydrogen (secondary N) is 2. The molecule has 1 atom stereocenters. The summed E-state index contributed by atoms with van der Waals surface area (Å²) in [6, 6.07) is 18.0. The summed E-state index contributed by atoms with van der Waals surface area (Å²) in [5.41, 5.74) is 0.431. The maximum Gasteiger partial charge on any atom is 0.265 e. The number of nitrogens with zero attached hydrogens (tertiary/aromatic N) is 2. The van der Waals surface area contributed by atoms with Gasteiger partial charge in [0.2, 0.25) is 11.8 Å². The molecule has 10 heteroatoms. The van der Waals surface area contributed by atoms with Gasteiger partial charge in [-0.25, -0.2) is 0 Å². The number of phenolic OH excluding ortho intramolecular Hbond substituents is 2. The molecule has 0 fully saturated rings. The quantitative estimate of drug-likeness (QED) is 0.210. The number of aromatic amines is 1. The smallest absolute Gasteiger partial charge is 0.265 e. The van der Waals surface area contributed by atoms with E-state index in [1.165, 1.54) is 22.7 Å². The predicted octanol–water partition coefficient (Wildman–Crippen LogP) is 2.53. The average molecular weight is 513 g/mol. The average Bonchev–Trinajstić information content (AvgIpc) is 2.90. The number of fused-ring (bicyclic) bond motifs is 2. The second kappa shape index (κ2) is 10.1. The summed E-state index contributed by atoms with van der Waals surface area (Å²) in [5, 5.41) is 33.4. The van der Waals surface area contributed by atoms with E-state index in [2.05, 4.69) is 15.3 Å². The molecule has 5 N–H and O–H groups in total. The van der Waals surface area contributed by atoms with Crippen molar-refractivity contribution in [3.63, 3.8) is 0 Å². The van der Waals surface area contributed by atoms with Gasteiger partial charge >= 0.3 is 0 Å². The first-order valence-electron chi connectivity index (χ1n) is 11.9. The lowest BCUT2D eigenvalue weighted by Crippen LogP contribution is -2.32. The molecule has 2 aromatic carbocycles. The largest absolute Gasteiger partial charge is 0.504 e. The summed E-state index contributed by atoms with van der Waals surface area (Å²) in [6.45, 7) is 0.199. The number of para-hydroxylation sites is 1. The fourth-order valence-corrected chi connectivity index (χ4v) is 4.51. The Bertz CT molecular complexity index is 1790. The minimum absolute atomic E-state index is 0.146. The Kier molecular flexibility index (Phi) is 6.53. The number of aromatic nitrogens is 3. The van der Waals surface area contributed by atoms with E-state index in [0.29, 0.717) is 22.9 Å². The van der Waals surface area contributed by atoms with Gasteiger partial charge in [0.05, 0.1) is 5.56 Å². The highest BCUT2D eigenvalue weighted by atomic mass is 16.3. The molecule has 3 heterocycles. The molecule has 0 unspecified atom stereocenters. The number of hydrogen-bond acceptors (Lipinski definition) is 7. The summed E-state index contributed by atoms with van der Waals surface area (Å²) < 4.78 is 1.26. The van der Waals surface area contributed by atoms with Crippen LogP contribution in [0, 0.1) is 0 Å². The van der Waals surface area contributed by atoms with E-state index in [1.807, 2.05) is 0 Å². The molecular formula is C28H24N4O6. The molecule has 192 valence electrons. The topological polar surface area (TPSA) is 157 Å². The van der Waals surface area contributed by atoms with Gasteiger partial charge in [0.1, 0.15) is 5.65 Å². The van der Waals surface area contributed by atoms with Crippen LogP contribution in [0.5, 0.6) is 17.4 Å². The first-order valence-corrected chi connectivity index (χ1v) is 11.9. The van der Waals surface area contributed by atoms with Crippen LogP contribution < -0.4 is 16.4 Å². The van der Waals surface area contributed by atoms with Crippen LogP contribution in [0.25, 0.3) is 16.6 Å². The van der Waals surface area contributed by atoms with E-state index < -0.39 is 28.8 Å². The number of rotatable bonds is 7. The Morgan fingerprint density at radius 1 is 0.974 bits per heavy atom. The monoisotopic (exact) mass is 512 g/mol. The zero-order valence-corrected chi connectivity index (χ0v) is 20.1. The van der Waals surface area contributed by atoms with Gasteiger partial charge in [-0.3, -0.25) is 18.8 Å². The van der Waals surface area contributed by atoms with Crippen molar-refractivity contribution >= 4 is 22.5 Å². The van der Waals surface area contributed by atoms with Gasteiger partial charge in [0, 0.05) is 36.2 Å². The Balaban J connectivity index is 1.51. The highest BCUT2D eigenvalue weighted by Gasteiger charge is 2.28. The highest BCUT2D eigenvalue weighted by molar-refractivity contribution is 5.81. The number of phenols is 2. The summed E-state index contributed by atoms with van der Waals surface area (Å²) >= 11 is 0. The van der Waals surface area contributed by atoms with Crippen molar-refractivity contribution in [2.75, 3.05) is 6.54 Å². The fourth-order valence-electron chi connectivity index (χ4n) is 4.51. The first kappa shape index (κ1) is 24.6. The van der Waals surface area contributed by atoms with Crippen LogP contribution in [0.3, 0.4) is 0 Å². The van der Waals surface area contributed by atoms with E-state index in [1.54, 1.807) is 54.6 Å². The maximum atomic E-state index is 13.5. The van der Waals surface area contributed by atoms with Crippen molar-refractivity contribution in [3.8, 4) is 17.4 Å². The number of amides is 1. The number of pyridine rings is 2. The molecule has 0 aliphatic heterocycles. The van der Waals surface area contributed by atoms with Crippen molar-refractivity contribution in [2.45, 2.75) is 18.8 Å². The van der Waals surface area contributed by atoms with E-state index >= 15 is 0 Å². The molecule has 0 bridgehead atoms. The molecular weight excluding hydrogens is 488 g/mol. The molecule has 1 amide bonds. The summed E-state index contributed by atoms with van der Waals surface area (Å²) in [6.07, 6.45) is 1.57. The maximum absolute atomic E-state index is 13.5. The third-order valence-corrected chi connectivity index (χ3v) is 6.42. The fraction of sp³-hybridized carbons (Fsp3) is 0.143. The number of carbonyl (C=O) groups is 1. The summed E-state index contributed by atoms with van der Waals surface area (Å²) in [7, 11) is 0. The van der Waals surface area contributed by atoms with Gasteiger partial charge in [-0.2, -0.15) is 4.98 Å². The van der Waals surface area contributed by atoms with E-state index in [9.17, 15) is 29.7 Å². The van der Waals surface area contributed by atoms with Crippen molar-refractivity contribution < 1.29 is 20.1 Å². The molecule has 3 aromatic heterocycles. The van der Waals surface area contributed by atoms with E-state index in [0.717, 1.165) is 0 Å². The van der Waals surface area contributed by atoms with Gasteiger partial charge in [0.15, 0.2) is 11.5 Å². The molecule has 5 aromatic rings. The van der Waals surface area contributed by atoms with Gasteiger partial charge < -0.3 is 25.6 Å². The normalized spacial score (nSPS) is 12.0. The van der Waals surface area contributed by atoms with Gasteiger partial charge in [-0.1, -0.05) is 30.3 Å². The van der Waals surface area contributed by atoms with Crippen molar-refractivity contribution in [1.82, 2.24) is 19.7 Å². The second-order valence-electron chi connectivity index (χ2n) is 8.90. The van der Waals surface area contributed by atoms with Crippen molar-refractivity contribution in [2.24, 2.45) is 0 Å². The third kappa shape index (κ3) is 4.79. The zero-order chi connectivity index (χ0) is 26.8. The minimum Gasteiger partial charge on any atom is -0.504 e. The van der Waals surface area contributed by atoms with Crippen LogP contribution >= 0.6 is 0 Å². The predicted molar refractivity (Wildman–Crippen MR) is 141 cm³/mol. The Morgan fingerprint density at radius 3 is 2.58 bits per heavy atom. The summed E-state index contributed by atoms with van der Waals surface area (Å²) in [5.74, 6) is -2.59. The zero-order valence-electron chi connectivity index (χ0n) is 20.1. The number of aromatic hydroxyl groups is 3. The van der Waals surface area contributed by atoms with E-state index in [-0.39, 0.29) is 41.2 Å². The van der Waals surface area contributed by atoms with Gasteiger partial charge in [0.25, 0.3) is 11.1 Å². The molecule has 0 radical (unpaired) electrons. The molecule has 0 saturated heterocycles. The first-order chi connectivity index (χ1) is 18.3. The van der Waals surface area contributed by atoms with Crippen molar-refractivity contribution in [1.29, 1.82) is 0 Å². The molecule has 38 heavy (non-hydrogen) atoms. The molecule has 0 spiro atoms. The van der Waals surface area contributed by atoms with Gasteiger partial charge in [-0.15, -0.1) is 0 Å². The Morgan fingerprint density at radius 2 is 1.76 bits per heavy atom. The number of hydrogen-bond donors (Lipinski definition) is 5. The Labute approximate surface area is 215 Å². The second-order valence-corrected chi connectivity index (χ2v) is 8.90. The minimum atomic E-state index is -1.09. The van der Waals surface area contributed by atoms with Crippen LogP contribution in [0.4, 0.5) is 0 Å². The van der Waals surface area contributed by atoms with Crippen LogP contribution in [0.1, 0.15) is 29.0 Å². The standard InChI is InChI=1S/C28H24N4O6/c33-21-9-8-16(13-22(21)34)10-11-29-24(35)15-18(19-14-17-5-1-2-6-20(17)30-26(19)36)25-27(37)31-23-7-3-4-12-32(23)28(25)38/h1-9,12-14,18,33-34,37H,10-11,15H2,(H,29,35)(H,30,36)/t18-/m0/s1. The van der Waals surface area contributed by atoms with E-state index in [4.69, 9.17) is 0 Å². The highest BCUT2D eigenvalue weighted by Crippen LogP contribution is 2.30. The lowest BCUT2D eigenvalue weighted by Gasteiger charge is -2.18. The number of benzene rings is 2. The lowest BCUT2D eigenvalue weighted by molar-refractivity contribution is -0.121. The van der Waals surface area contributed by atoms with Crippen LogP contribution in [-0.2, 0) is 11.2 Å². The molecule has 0 aliphatic carbocycles. The van der Waals surface area contributed by atoms with Crippen molar-refractivity contribution in [3.05, 3.63) is 110 Å². The third-order valence-electron chi connectivity index (χ3n) is 6.42. The molecule has 0 aliphatic rings. The van der Waals surface area contributed by atoms with Crippen LogP contribution in [-0.4, -0.2) is 42.1 Å². The lowest BCUT2D eigenvalue weighted by atomic mass is 9.89. The molecule has 0 saturated carbocycles. The summed E-state index contributed by atoms with van der Waals surface area (Å²) in [4.78, 5) is 46.6. The molecule has 5 rings (SSSR count). The van der Waals surface area contributed by atoms with Crippen LogP contribution in [0.15, 0.2) is 82.5 Å². The molecule has 10 nitrogen and oxygen atoms in total. The SMILES string of the molecule is O=C(C[C@@H](c1cc2ccccc2[nH]c1=O)c1c(O)nc2ccccn2c1=O)NCCc1ccc(O)c(O)c1. The Hall–Kier alpha value is -5.12.